The first-order chi connectivity index (χ1) is 5.38. The number of hydrogen-bond donors (Lipinski definition) is 0. The van der Waals surface area contributed by atoms with E-state index in [4.69, 9.17) is 11.1 Å². The molecule has 0 aliphatic heterocycles. The fraction of sp³-hybridized carbons (Fsp3) is 0.167. The van der Waals surface area contributed by atoms with Crippen molar-refractivity contribution >= 4 is 5.71 Å². The number of allylic oxidation sites excluding steroid dienone is 2. The number of nitrogens with zero attached hydrogens (tertiary/aromatic N) is 5. The quantitative estimate of drug-likeness (QED) is 0.305. The summed E-state index contributed by atoms with van der Waals surface area (Å²) >= 11 is 0. The molecule has 1 aliphatic carbocycles. The second-order valence-electron chi connectivity index (χ2n) is 1.92. The summed E-state index contributed by atoms with van der Waals surface area (Å²) in [6.45, 7) is 0. The van der Waals surface area contributed by atoms with Crippen LogP contribution in [0.3, 0.4) is 0 Å². The highest BCUT2D eigenvalue weighted by atomic mass is 15.2. The summed E-state index contributed by atoms with van der Waals surface area (Å²) in [5.74, 6) is 0. The summed E-state index contributed by atoms with van der Waals surface area (Å²) in [6.07, 6.45) is 6.67. The second kappa shape index (κ2) is 3.37. The third-order valence-corrected chi connectivity index (χ3v) is 1.27. The van der Waals surface area contributed by atoms with E-state index < -0.39 is 6.04 Å². The maximum absolute atomic E-state index is 8.41. The van der Waals surface area contributed by atoms with Crippen LogP contribution in [0.5, 0.6) is 0 Å². The molecule has 11 heavy (non-hydrogen) atoms. The van der Waals surface area contributed by atoms with Gasteiger partial charge in [0.15, 0.2) is 6.04 Å². The molecular weight excluding hydrogens is 142 g/mol. The Morgan fingerprint density at radius 2 is 2.18 bits per heavy atom. The van der Waals surface area contributed by atoms with E-state index in [1.165, 1.54) is 0 Å². The van der Waals surface area contributed by atoms with E-state index in [2.05, 4.69) is 14.8 Å². The summed E-state index contributed by atoms with van der Waals surface area (Å²) in [4.78, 5) is 5.57. The van der Waals surface area contributed by atoms with Crippen molar-refractivity contribution in [2.24, 2.45) is 5.11 Å². The van der Waals surface area contributed by atoms with Gasteiger partial charge < -0.3 is 5.53 Å². The Morgan fingerprint density at radius 3 is 2.82 bits per heavy atom. The minimum Gasteiger partial charge on any atom is -0.361 e. The van der Waals surface area contributed by atoms with Gasteiger partial charge in [0.05, 0.1) is 0 Å². The molecular formula is C6H5N5. The van der Waals surface area contributed by atoms with Gasteiger partial charge in [0.1, 0.15) is 0 Å². The standard InChI is InChI=1S/C6H5N5/c7-9-5-3-1-2-4-6(5)10-11-8/h1-4,6H. The topological polar surface area (TPSA) is 85.2 Å². The van der Waals surface area contributed by atoms with Gasteiger partial charge in [0, 0.05) is 11.0 Å². The molecule has 0 aromatic carbocycles. The SMILES string of the molecule is [N-]=[N+]=NC1C=CC=CC1=[N+]=[N-]. The van der Waals surface area contributed by atoms with Crippen LogP contribution >= 0.6 is 0 Å². The molecule has 0 N–H and O–H groups in total. The lowest BCUT2D eigenvalue weighted by Crippen LogP contribution is -2.15. The molecule has 0 spiro atoms. The van der Waals surface area contributed by atoms with E-state index in [0.29, 0.717) is 5.71 Å². The molecule has 0 amide bonds. The molecule has 0 bridgehead atoms. The van der Waals surface area contributed by atoms with E-state index in [9.17, 15) is 0 Å². The Kier molecular flexibility index (Phi) is 2.23. The lowest BCUT2D eigenvalue weighted by atomic mass is 10.1. The predicted octanol–water partition coefficient (Wildman–Crippen LogP) is 1.46. The third-order valence-electron chi connectivity index (χ3n) is 1.27. The van der Waals surface area contributed by atoms with Crippen LogP contribution in [0.15, 0.2) is 29.4 Å². The van der Waals surface area contributed by atoms with Crippen molar-refractivity contribution in [1.29, 1.82) is 0 Å². The number of rotatable bonds is 1. The Hall–Kier alpha value is -1.83. The van der Waals surface area contributed by atoms with Crippen LogP contribution in [0.2, 0.25) is 0 Å². The lowest BCUT2D eigenvalue weighted by molar-refractivity contribution is -0.00663. The average molecular weight is 147 g/mol. The molecule has 0 saturated heterocycles. The molecule has 0 fully saturated rings. The third kappa shape index (κ3) is 1.55. The number of hydrogen-bond acceptors (Lipinski definition) is 1. The highest BCUT2D eigenvalue weighted by Crippen LogP contribution is 2.03. The van der Waals surface area contributed by atoms with E-state index in [1.54, 1.807) is 24.3 Å². The summed E-state index contributed by atoms with van der Waals surface area (Å²) < 4.78 is 0. The molecule has 1 rings (SSSR count). The van der Waals surface area contributed by atoms with Gasteiger partial charge in [0.2, 0.25) is 0 Å². The highest BCUT2D eigenvalue weighted by Gasteiger charge is 2.17. The molecule has 5 nitrogen and oxygen atoms in total. The van der Waals surface area contributed by atoms with Crippen molar-refractivity contribution < 1.29 is 4.79 Å². The monoisotopic (exact) mass is 147 g/mol. The van der Waals surface area contributed by atoms with Gasteiger partial charge in [-0.05, 0) is 5.53 Å². The van der Waals surface area contributed by atoms with Crippen LogP contribution in [0, 0.1) is 0 Å². The Balaban J connectivity index is 2.96. The molecule has 0 aromatic rings. The first-order valence-electron chi connectivity index (χ1n) is 2.99. The van der Waals surface area contributed by atoms with Crippen LogP contribution < -0.4 is 0 Å². The van der Waals surface area contributed by atoms with Gasteiger partial charge in [-0.15, -0.1) is 0 Å². The largest absolute Gasteiger partial charge is 0.361 e. The maximum atomic E-state index is 8.41. The van der Waals surface area contributed by atoms with Crippen LogP contribution in [0.1, 0.15) is 0 Å². The van der Waals surface area contributed by atoms with Crippen LogP contribution in [-0.2, 0) is 0 Å². The van der Waals surface area contributed by atoms with Crippen molar-refractivity contribution in [1.82, 2.24) is 0 Å². The minimum absolute atomic E-state index is 0.352. The summed E-state index contributed by atoms with van der Waals surface area (Å²) in [5, 5.41) is 3.39. The molecule has 1 atom stereocenters. The minimum atomic E-state index is -0.477. The zero-order valence-electron chi connectivity index (χ0n) is 5.62. The van der Waals surface area contributed by atoms with Gasteiger partial charge in [0.25, 0.3) is 0 Å². The van der Waals surface area contributed by atoms with E-state index >= 15 is 0 Å². The van der Waals surface area contributed by atoms with Crippen molar-refractivity contribution in [3.8, 4) is 0 Å². The Bertz CT molecular complexity index is 301. The Morgan fingerprint density at radius 1 is 1.36 bits per heavy atom. The molecule has 54 valence electrons. The summed E-state index contributed by atoms with van der Waals surface area (Å²) in [7, 11) is 0. The first kappa shape index (κ1) is 7.28. The lowest BCUT2D eigenvalue weighted by Gasteiger charge is -1.98. The molecule has 5 heteroatoms. The van der Waals surface area contributed by atoms with Crippen molar-refractivity contribution in [3.05, 3.63) is 40.3 Å². The Labute approximate surface area is 62.9 Å². The molecule has 1 unspecified atom stereocenters. The van der Waals surface area contributed by atoms with Crippen molar-refractivity contribution in [2.75, 3.05) is 0 Å². The van der Waals surface area contributed by atoms with E-state index in [1.807, 2.05) is 0 Å². The molecule has 0 aromatic heterocycles. The second-order valence-corrected chi connectivity index (χ2v) is 1.92. The van der Waals surface area contributed by atoms with Gasteiger partial charge >= 0.3 is 5.71 Å². The average Bonchev–Trinajstić information content (AvgIpc) is 2.06. The zero-order valence-corrected chi connectivity index (χ0v) is 5.62. The van der Waals surface area contributed by atoms with Crippen LogP contribution in [0.4, 0.5) is 0 Å². The molecule has 0 radical (unpaired) electrons. The zero-order chi connectivity index (χ0) is 8.10. The van der Waals surface area contributed by atoms with E-state index in [-0.39, 0.29) is 0 Å². The van der Waals surface area contributed by atoms with Gasteiger partial charge in [-0.25, -0.2) is 0 Å². The van der Waals surface area contributed by atoms with Crippen LogP contribution in [0.25, 0.3) is 16.0 Å². The smallest absolute Gasteiger partial charge is 0.304 e. The summed E-state index contributed by atoms with van der Waals surface area (Å²) in [6, 6.07) is -0.477. The highest BCUT2D eigenvalue weighted by molar-refractivity contribution is 5.97. The normalized spacial score (nSPS) is 20.7. The molecule has 0 saturated carbocycles. The fourth-order valence-corrected chi connectivity index (χ4v) is 0.766. The fourth-order valence-electron chi connectivity index (χ4n) is 0.766. The van der Waals surface area contributed by atoms with Gasteiger partial charge in [-0.1, -0.05) is 23.3 Å². The first-order valence-corrected chi connectivity index (χ1v) is 2.99. The van der Waals surface area contributed by atoms with Crippen molar-refractivity contribution in [2.45, 2.75) is 6.04 Å². The van der Waals surface area contributed by atoms with Gasteiger partial charge in [-0.3, -0.25) is 0 Å². The maximum Gasteiger partial charge on any atom is 0.304 e. The molecule has 1 aliphatic rings. The number of azide groups is 1. The van der Waals surface area contributed by atoms with Gasteiger partial charge in [-0.2, -0.15) is 4.79 Å². The van der Waals surface area contributed by atoms with E-state index in [0.717, 1.165) is 0 Å². The van der Waals surface area contributed by atoms with Crippen LogP contribution in [-0.4, -0.2) is 16.5 Å². The molecule has 0 heterocycles. The summed E-state index contributed by atoms with van der Waals surface area (Å²) in [5.41, 5.74) is 16.9. The predicted molar refractivity (Wildman–Crippen MR) is 39.8 cm³/mol. The van der Waals surface area contributed by atoms with Crippen molar-refractivity contribution in [3.63, 3.8) is 0 Å².